The standard InChI is InChI=1S/C59H40BN2/c1-5-18-40(19-6-1)42-32-34-48(35-33-42)61-54-38-44-23-14-13-22-43(44)36-49(54)50-37-45(41-20-7-2-8-21-41)39-56-57(50)60-53-30-17-29-52-58(53)62(56)55-31-16-15-28-51(55)59(52,46-24-9-3-10-25-46)47-26-11-4-12-27-47/h1-39,61H. The van der Waals surface area contributed by atoms with Gasteiger partial charge in [-0.05, 0) is 109 Å². The van der Waals surface area contributed by atoms with E-state index in [1.807, 2.05) is 0 Å². The Labute approximate surface area is 363 Å². The van der Waals surface area contributed by atoms with Crippen molar-refractivity contribution in [3.05, 3.63) is 259 Å². The number of benzene rings is 10. The Morgan fingerprint density at radius 2 is 0.935 bits per heavy atom. The molecule has 0 saturated carbocycles. The number of nitrogens with one attached hydrogen (secondary N) is 1. The highest BCUT2D eigenvalue weighted by atomic mass is 15.2. The maximum Gasteiger partial charge on any atom is 0.197 e. The fraction of sp³-hybridized carbons (Fsp3) is 0.0169. The molecule has 1 radical (unpaired) electrons. The van der Waals surface area contributed by atoms with Crippen LogP contribution in [0.1, 0.15) is 22.3 Å². The van der Waals surface area contributed by atoms with E-state index in [4.69, 9.17) is 0 Å². The molecule has 2 aliphatic heterocycles. The van der Waals surface area contributed by atoms with E-state index < -0.39 is 5.41 Å². The van der Waals surface area contributed by atoms with E-state index in [0.717, 1.165) is 22.6 Å². The summed E-state index contributed by atoms with van der Waals surface area (Å²) in [4.78, 5) is 2.56. The summed E-state index contributed by atoms with van der Waals surface area (Å²) in [5.74, 6) is 0. The molecule has 0 bridgehead atoms. The average molecular weight is 788 g/mol. The van der Waals surface area contributed by atoms with Crippen molar-refractivity contribution in [2.24, 2.45) is 0 Å². The van der Waals surface area contributed by atoms with Gasteiger partial charge in [0.2, 0.25) is 0 Å². The molecule has 3 heteroatoms. The molecular formula is C59H40BN2. The zero-order valence-corrected chi connectivity index (χ0v) is 34.0. The molecule has 2 nitrogen and oxygen atoms in total. The molecule has 1 N–H and O–H groups in total. The normalized spacial score (nSPS) is 13.1. The van der Waals surface area contributed by atoms with Crippen LogP contribution in [-0.2, 0) is 5.41 Å². The van der Waals surface area contributed by atoms with Crippen LogP contribution in [0.4, 0.5) is 28.4 Å². The van der Waals surface area contributed by atoms with E-state index >= 15 is 0 Å². The fourth-order valence-corrected chi connectivity index (χ4v) is 10.1. The maximum atomic E-state index is 3.91. The van der Waals surface area contributed by atoms with Crippen LogP contribution >= 0.6 is 0 Å². The van der Waals surface area contributed by atoms with Gasteiger partial charge in [0.25, 0.3) is 0 Å². The van der Waals surface area contributed by atoms with Gasteiger partial charge in [0.05, 0.1) is 11.1 Å². The molecule has 12 rings (SSSR count). The summed E-state index contributed by atoms with van der Waals surface area (Å²) in [6.07, 6.45) is 0. The monoisotopic (exact) mass is 787 g/mol. The van der Waals surface area contributed by atoms with Gasteiger partial charge in [0, 0.05) is 28.3 Å². The number of rotatable bonds is 7. The highest BCUT2D eigenvalue weighted by Gasteiger charge is 2.48. The van der Waals surface area contributed by atoms with Crippen LogP contribution in [0.3, 0.4) is 0 Å². The molecule has 0 atom stereocenters. The molecule has 2 aliphatic rings. The van der Waals surface area contributed by atoms with Crippen LogP contribution in [0, 0.1) is 0 Å². The van der Waals surface area contributed by atoms with Crippen molar-refractivity contribution >= 4 is 57.4 Å². The topological polar surface area (TPSA) is 15.3 Å². The Bertz CT molecular complexity index is 3230. The van der Waals surface area contributed by atoms with Crippen LogP contribution in [0.2, 0.25) is 0 Å². The molecule has 289 valence electrons. The van der Waals surface area contributed by atoms with Gasteiger partial charge >= 0.3 is 0 Å². The lowest BCUT2D eigenvalue weighted by molar-refractivity contribution is 0.732. The lowest BCUT2D eigenvalue weighted by Crippen LogP contribution is -2.47. The lowest BCUT2D eigenvalue weighted by atomic mass is 9.54. The minimum atomic E-state index is -0.544. The highest BCUT2D eigenvalue weighted by Crippen LogP contribution is 2.58. The van der Waals surface area contributed by atoms with Crippen molar-refractivity contribution in [1.82, 2.24) is 0 Å². The molecule has 0 aromatic heterocycles. The SMILES string of the molecule is [B]1c2cccc3c2N(c2ccccc2C3(c2ccccc2)c2ccccc2)c2cc(-c3ccccc3)cc(-c3cc4ccccc4cc3Nc3ccc(-c4ccccc4)cc3)c21. The Hall–Kier alpha value is -7.88. The molecule has 0 amide bonds. The molecule has 0 fully saturated rings. The van der Waals surface area contributed by atoms with E-state index in [-0.39, 0.29) is 0 Å². The first kappa shape index (κ1) is 36.0. The summed E-state index contributed by atoms with van der Waals surface area (Å²) >= 11 is 0. The molecule has 62 heavy (non-hydrogen) atoms. The number of anilines is 5. The Morgan fingerprint density at radius 1 is 0.387 bits per heavy atom. The van der Waals surface area contributed by atoms with Gasteiger partial charge in [-0.2, -0.15) is 0 Å². The second-order valence-electron chi connectivity index (χ2n) is 16.4. The average Bonchev–Trinajstić information content (AvgIpc) is 3.35. The first-order valence-corrected chi connectivity index (χ1v) is 21.4. The summed E-state index contributed by atoms with van der Waals surface area (Å²) in [6.45, 7) is 0. The number of fused-ring (bicyclic) bond motifs is 5. The van der Waals surface area contributed by atoms with Gasteiger partial charge in [-0.3, -0.25) is 0 Å². The zero-order valence-electron chi connectivity index (χ0n) is 34.0. The van der Waals surface area contributed by atoms with Crippen LogP contribution in [0.25, 0.3) is 44.2 Å². The third-order valence-electron chi connectivity index (χ3n) is 12.9. The van der Waals surface area contributed by atoms with E-state index in [1.54, 1.807) is 0 Å². The van der Waals surface area contributed by atoms with Crippen molar-refractivity contribution in [3.8, 4) is 33.4 Å². The van der Waals surface area contributed by atoms with Crippen LogP contribution in [0.15, 0.2) is 237 Å². The van der Waals surface area contributed by atoms with Crippen molar-refractivity contribution in [1.29, 1.82) is 0 Å². The molecule has 0 unspecified atom stereocenters. The summed E-state index contributed by atoms with van der Waals surface area (Å²) in [6, 6.07) is 86.5. The Balaban J connectivity index is 1.11. The second-order valence-corrected chi connectivity index (χ2v) is 16.4. The van der Waals surface area contributed by atoms with Gasteiger partial charge in [-0.25, -0.2) is 0 Å². The van der Waals surface area contributed by atoms with Crippen molar-refractivity contribution in [2.45, 2.75) is 5.41 Å². The Morgan fingerprint density at radius 3 is 1.61 bits per heavy atom. The largest absolute Gasteiger partial charge is 0.355 e. The van der Waals surface area contributed by atoms with Crippen LogP contribution < -0.4 is 21.1 Å². The fourth-order valence-electron chi connectivity index (χ4n) is 10.1. The minimum absolute atomic E-state index is 0.544. The third kappa shape index (κ3) is 5.74. The van der Waals surface area contributed by atoms with E-state index in [2.05, 4.69) is 254 Å². The molecule has 10 aromatic rings. The first-order chi connectivity index (χ1) is 30.7. The van der Waals surface area contributed by atoms with E-state index in [9.17, 15) is 0 Å². The molecule has 10 aromatic carbocycles. The minimum Gasteiger partial charge on any atom is -0.355 e. The Kier molecular flexibility index (Phi) is 8.53. The van der Waals surface area contributed by atoms with Crippen molar-refractivity contribution in [2.75, 3.05) is 10.2 Å². The van der Waals surface area contributed by atoms with Crippen LogP contribution in [0.5, 0.6) is 0 Å². The molecule has 0 saturated heterocycles. The highest BCUT2D eigenvalue weighted by molar-refractivity contribution is 6.73. The predicted octanol–water partition coefficient (Wildman–Crippen LogP) is 13.7. The van der Waals surface area contributed by atoms with Crippen molar-refractivity contribution < 1.29 is 0 Å². The molecule has 2 heterocycles. The van der Waals surface area contributed by atoms with Gasteiger partial charge in [0.1, 0.15) is 0 Å². The number of hydrogen-bond donors (Lipinski definition) is 1. The van der Waals surface area contributed by atoms with Gasteiger partial charge in [-0.1, -0.05) is 200 Å². The first-order valence-electron chi connectivity index (χ1n) is 21.4. The molecule has 0 aliphatic carbocycles. The predicted molar refractivity (Wildman–Crippen MR) is 262 cm³/mol. The molecular weight excluding hydrogens is 747 g/mol. The van der Waals surface area contributed by atoms with Gasteiger partial charge in [-0.15, -0.1) is 0 Å². The lowest BCUT2D eigenvalue weighted by Gasteiger charge is -2.49. The van der Waals surface area contributed by atoms with E-state index in [1.165, 1.54) is 83.1 Å². The molecule has 0 spiro atoms. The van der Waals surface area contributed by atoms with Crippen LogP contribution in [-0.4, -0.2) is 7.28 Å². The second kappa shape index (κ2) is 14.7. The number of hydrogen-bond acceptors (Lipinski definition) is 2. The summed E-state index contributed by atoms with van der Waals surface area (Å²) in [7, 11) is 2.44. The number of nitrogens with zero attached hydrogens (tertiary/aromatic N) is 1. The third-order valence-corrected chi connectivity index (χ3v) is 12.9. The summed E-state index contributed by atoms with van der Waals surface area (Å²) < 4.78 is 0. The van der Waals surface area contributed by atoms with Crippen molar-refractivity contribution in [3.63, 3.8) is 0 Å². The summed E-state index contributed by atoms with van der Waals surface area (Å²) in [5.41, 5.74) is 19.6. The van der Waals surface area contributed by atoms with Gasteiger partial charge < -0.3 is 10.2 Å². The quantitative estimate of drug-likeness (QED) is 0.162. The zero-order chi connectivity index (χ0) is 41.0. The smallest absolute Gasteiger partial charge is 0.197 e. The maximum absolute atomic E-state index is 3.91. The van der Waals surface area contributed by atoms with E-state index in [0.29, 0.717) is 0 Å². The summed E-state index contributed by atoms with van der Waals surface area (Å²) in [5, 5.41) is 6.30. The number of para-hydroxylation sites is 2. The van der Waals surface area contributed by atoms with Gasteiger partial charge in [0.15, 0.2) is 7.28 Å².